The summed E-state index contributed by atoms with van der Waals surface area (Å²) < 4.78 is 3.73. The maximum absolute atomic E-state index is 3.73. The first-order chi connectivity index (χ1) is 2.81. The van der Waals surface area contributed by atoms with Crippen molar-refractivity contribution < 1.29 is 0 Å². The Kier molecular flexibility index (Phi) is 3.33. The van der Waals surface area contributed by atoms with Crippen LogP contribution in [0, 0.1) is 0 Å². The van der Waals surface area contributed by atoms with Crippen molar-refractivity contribution in [2.45, 2.75) is 6.82 Å². The molecule has 0 heterocycles. The Bertz CT molecular complexity index is 78.9. The van der Waals surface area contributed by atoms with Gasteiger partial charge in [0.05, 0.1) is 0 Å². The van der Waals surface area contributed by atoms with Crippen molar-refractivity contribution in [1.82, 2.24) is 0 Å². The minimum absolute atomic E-state index is 0.105. The zero-order chi connectivity index (χ0) is 4.99. The predicted molar refractivity (Wildman–Crippen MR) is 34.7 cm³/mol. The summed E-state index contributed by atoms with van der Waals surface area (Å²) in [6.45, 7) is 5.35. The van der Waals surface area contributed by atoms with E-state index in [2.05, 4.69) is 11.1 Å². The van der Waals surface area contributed by atoms with Crippen LogP contribution >= 0.6 is 10.5 Å². The average Bonchev–Trinajstić information content (AvgIpc) is 1.65. The molecule has 1 nitrogen and oxygen atoms in total. The Morgan fingerprint density at radius 1 is 1.83 bits per heavy atom. The minimum atomic E-state index is 0.105. The van der Waals surface area contributed by atoms with E-state index in [4.69, 9.17) is 0 Å². The zero-order valence-electron chi connectivity index (χ0n) is 4.14. The standard InChI is InChI=1S/C3H8BNS/c1-4-6(3)5-2/h2H2,1,3H3. The molecule has 0 aromatic carbocycles. The van der Waals surface area contributed by atoms with Crippen molar-refractivity contribution in [2.24, 2.45) is 4.40 Å². The van der Waals surface area contributed by atoms with E-state index in [1.807, 2.05) is 19.2 Å². The fourth-order valence-electron chi connectivity index (χ4n) is 0.0745. The summed E-state index contributed by atoms with van der Waals surface area (Å²) in [5.41, 5.74) is 0. The summed E-state index contributed by atoms with van der Waals surface area (Å²) >= 11 is 0. The molecule has 0 aromatic heterocycles. The van der Waals surface area contributed by atoms with Gasteiger partial charge in [-0.05, 0) is 0 Å². The molecular formula is C3H8BNS. The molecule has 0 fully saturated rings. The number of nitrogens with zero attached hydrogens (tertiary/aromatic N) is 1. The Morgan fingerprint density at radius 2 is 2.33 bits per heavy atom. The van der Waals surface area contributed by atoms with Crippen molar-refractivity contribution in [3.63, 3.8) is 0 Å². The summed E-state index contributed by atoms with van der Waals surface area (Å²) in [7, 11) is 0.105. The van der Waals surface area contributed by atoms with Gasteiger partial charge in [-0.2, -0.15) is 0 Å². The van der Waals surface area contributed by atoms with Crippen LogP contribution < -0.4 is 0 Å². The van der Waals surface area contributed by atoms with Gasteiger partial charge < -0.3 is 0 Å². The molecule has 0 bridgehead atoms. The van der Waals surface area contributed by atoms with E-state index in [0.29, 0.717) is 0 Å². The molecular weight excluding hydrogens is 92.9 g/mol. The summed E-state index contributed by atoms with van der Waals surface area (Å²) in [6, 6.07) is 0. The predicted octanol–water partition coefficient (Wildman–Crippen LogP) is 1.17. The second kappa shape index (κ2) is 3.28. The maximum atomic E-state index is 3.73. The first kappa shape index (κ1) is 6.08. The van der Waals surface area contributed by atoms with Crippen LogP contribution in [-0.4, -0.2) is 19.1 Å². The molecule has 1 unspecified atom stereocenters. The third-order valence-corrected chi connectivity index (χ3v) is 1.63. The molecule has 0 aromatic rings. The second-order valence-electron chi connectivity index (χ2n) is 0.888. The van der Waals surface area contributed by atoms with E-state index in [1.54, 1.807) is 0 Å². The molecule has 0 N–H and O–H groups in total. The molecule has 0 saturated carbocycles. The van der Waals surface area contributed by atoms with Crippen LogP contribution in [0.25, 0.3) is 0 Å². The first-order valence-corrected chi connectivity index (χ1v) is 3.37. The number of rotatable bonds is 1. The molecule has 0 amide bonds. The van der Waals surface area contributed by atoms with Gasteiger partial charge in [0.15, 0.2) is 0 Å². The van der Waals surface area contributed by atoms with Crippen molar-refractivity contribution in [3.05, 3.63) is 0 Å². The summed E-state index contributed by atoms with van der Waals surface area (Å²) in [6.07, 6.45) is 4.04. The SMILES string of the molecule is C=NS(C)=BC. The second-order valence-corrected chi connectivity index (χ2v) is 2.67. The van der Waals surface area contributed by atoms with Gasteiger partial charge in [-0.25, -0.2) is 0 Å². The summed E-state index contributed by atoms with van der Waals surface area (Å²) in [5.74, 6) is 0. The Labute approximate surface area is 41.6 Å². The normalized spacial score (nSPS) is 13.0. The first-order valence-electron chi connectivity index (χ1n) is 1.72. The molecule has 3 heteroatoms. The van der Waals surface area contributed by atoms with Crippen molar-refractivity contribution in [2.75, 3.05) is 6.26 Å². The third-order valence-electron chi connectivity index (χ3n) is 0.545. The topological polar surface area (TPSA) is 12.4 Å². The van der Waals surface area contributed by atoms with Gasteiger partial charge in [0.1, 0.15) is 0 Å². The quantitative estimate of drug-likeness (QED) is 0.347. The fourth-order valence-corrected chi connectivity index (χ4v) is 0.224. The molecule has 6 heavy (non-hydrogen) atoms. The van der Waals surface area contributed by atoms with E-state index in [9.17, 15) is 0 Å². The number of hydrogen-bond donors (Lipinski definition) is 0. The summed E-state index contributed by atoms with van der Waals surface area (Å²) in [5, 5.41) is 0. The van der Waals surface area contributed by atoms with E-state index >= 15 is 0 Å². The van der Waals surface area contributed by atoms with Gasteiger partial charge in [0, 0.05) is 0 Å². The van der Waals surface area contributed by atoms with Crippen LogP contribution in [0.1, 0.15) is 0 Å². The molecule has 34 valence electrons. The van der Waals surface area contributed by atoms with Gasteiger partial charge in [0.25, 0.3) is 0 Å². The molecule has 0 saturated heterocycles. The molecule has 0 aliphatic rings. The van der Waals surface area contributed by atoms with E-state index in [-0.39, 0.29) is 10.5 Å². The molecule has 0 rings (SSSR count). The van der Waals surface area contributed by atoms with Gasteiger partial charge in [-0.1, -0.05) is 0 Å². The molecule has 0 spiro atoms. The van der Waals surface area contributed by atoms with Crippen LogP contribution in [0.5, 0.6) is 0 Å². The van der Waals surface area contributed by atoms with Crippen LogP contribution in [0.3, 0.4) is 0 Å². The van der Waals surface area contributed by atoms with Crippen LogP contribution in [0.2, 0.25) is 6.82 Å². The van der Waals surface area contributed by atoms with Crippen LogP contribution in [0.4, 0.5) is 0 Å². The van der Waals surface area contributed by atoms with Crippen LogP contribution in [0.15, 0.2) is 4.40 Å². The van der Waals surface area contributed by atoms with E-state index < -0.39 is 0 Å². The van der Waals surface area contributed by atoms with Crippen LogP contribution in [-0.2, 0) is 0 Å². The van der Waals surface area contributed by atoms with Gasteiger partial charge in [0.2, 0.25) is 0 Å². The monoisotopic (exact) mass is 101 g/mol. The van der Waals surface area contributed by atoms with Crippen molar-refractivity contribution >= 4 is 23.4 Å². The third kappa shape index (κ3) is 2.33. The average molecular weight is 101 g/mol. The Morgan fingerprint density at radius 3 is 2.33 bits per heavy atom. The molecule has 0 aliphatic carbocycles. The van der Waals surface area contributed by atoms with E-state index in [0.717, 1.165) is 0 Å². The van der Waals surface area contributed by atoms with Gasteiger partial charge >= 0.3 is 40.9 Å². The van der Waals surface area contributed by atoms with Gasteiger partial charge in [-0.15, -0.1) is 0 Å². The zero-order valence-corrected chi connectivity index (χ0v) is 4.96. The molecule has 0 aliphatic heterocycles. The number of hydrogen-bond acceptors (Lipinski definition) is 1. The van der Waals surface area contributed by atoms with Crippen molar-refractivity contribution in [3.8, 4) is 0 Å². The Hall–Kier alpha value is 0.0849. The van der Waals surface area contributed by atoms with Gasteiger partial charge in [-0.3, -0.25) is 0 Å². The fraction of sp³-hybridized carbons (Fsp3) is 0.667. The molecule has 0 radical (unpaired) electrons. The van der Waals surface area contributed by atoms with Crippen molar-refractivity contribution in [1.29, 1.82) is 0 Å². The van der Waals surface area contributed by atoms with E-state index in [1.165, 1.54) is 0 Å². The Balaban J connectivity index is 3.50. The summed E-state index contributed by atoms with van der Waals surface area (Å²) in [4.78, 5) is 0. The molecule has 1 atom stereocenters.